The Kier molecular flexibility index (Phi) is 5.69. The number of nitrogens with zero attached hydrogens (tertiary/aromatic N) is 1. The summed E-state index contributed by atoms with van der Waals surface area (Å²) in [6.07, 6.45) is 3.75. The summed E-state index contributed by atoms with van der Waals surface area (Å²) in [5.41, 5.74) is 1.54. The largest absolute Gasteiger partial charge is 0.325 e. The molecule has 1 aromatic heterocycles. The summed E-state index contributed by atoms with van der Waals surface area (Å²) in [4.78, 5) is 25.9. The van der Waals surface area contributed by atoms with E-state index in [4.69, 9.17) is 11.6 Å². The van der Waals surface area contributed by atoms with Gasteiger partial charge in [0.25, 0.3) is 5.56 Å². The van der Waals surface area contributed by atoms with Gasteiger partial charge < -0.3 is 15.2 Å². The average molecular weight is 410 g/mol. The number of aromatic nitrogens is 1. The van der Waals surface area contributed by atoms with Crippen LogP contribution in [-0.4, -0.2) is 23.6 Å². The van der Waals surface area contributed by atoms with Gasteiger partial charge in [-0.05, 0) is 68.8 Å². The topological polar surface area (TPSA) is 63.1 Å². The van der Waals surface area contributed by atoms with Gasteiger partial charge in [-0.1, -0.05) is 29.8 Å². The Bertz CT molecular complexity index is 1090. The molecule has 4 rings (SSSR count). The Morgan fingerprint density at radius 1 is 1.10 bits per heavy atom. The van der Waals surface area contributed by atoms with Crippen LogP contribution in [0.2, 0.25) is 5.02 Å². The van der Waals surface area contributed by atoms with Crippen LogP contribution < -0.4 is 16.2 Å². The third-order valence-electron chi connectivity index (χ3n) is 5.70. The van der Waals surface area contributed by atoms with Crippen molar-refractivity contribution in [3.05, 3.63) is 75.7 Å². The van der Waals surface area contributed by atoms with Crippen LogP contribution in [0.1, 0.15) is 37.3 Å². The van der Waals surface area contributed by atoms with Crippen molar-refractivity contribution in [1.82, 2.24) is 9.88 Å². The number of halogens is 1. The van der Waals surface area contributed by atoms with Gasteiger partial charge in [-0.25, -0.2) is 0 Å². The number of hydrogen-bond donors (Lipinski definition) is 2. The number of carbonyl (C=O) groups is 1. The van der Waals surface area contributed by atoms with E-state index in [1.54, 1.807) is 12.1 Å². The van der Waals surface area contributed by atoms with Gasteiger partial charge >= 0.3 is 0 Å². The van der Waals surface area contributed by atoms with E-state index in [0.29, 0.717) is 16.1 Å². The number of amides is 1. The first kappa shape index (κ1) is 19.7. The maximum absolute atomic E-state index is 13.1. The molecule has 0 saturated carbocycles. The zero-order valence-electron chi connectivity index (χ0n) is 16.3. The predicted octanol–water partition coefficient (Wildman–Crippen LogP) is 4.32. The number of rotatable bonds is 4. The van der Waals surface area contributed by atoms with Crippen LogP contribution in [0, 0.1) is 0 Å². The highest BCUT2D eigenvalue weighted by Gasteiger charge is 2.19. The Morgan fingerprint density at radius 2 is 1.83 bits per heavy atom. The molecule has 1 unspecified atom stereocenters. The molecule has 0 radical (unpaired) electrons. The lowest BCUT2D eigenvalue weighted by atomic mass is 10.00. The van der Waals surface area contributed by atoms with Gasteiger partial charge in [0.2, 0.25) is 5.91 Å². The zero-order valence-corrected chi connectivity index (χ0v) is 17.1. The van der Waals surface area contributed by atoms with Crippen molar-refractivity contribution in [3.63, 3.8) is 0 Å². The molecule has 0 spiro atoms. The summed E-state index contributed by atoms with van der Waals surface area (Å²) in [6, 6.07) is 14.9. The molecule has 1 fully saturated rings. The van der Waals surface area contributed by atoms with Gasteiger partial charge in [-0.3, -0.25) is 9.59 Å². The summed E-state index contributed by atoms with van der Waals surface area (Å²) in [6.45, 7) is 3.70. The Morgan fingerprint density at radius 3 is 2.55 bits per heavy atom. The highest BCUT2D eigenvalue weighted by Crippen LogP contribution is 2.26. The van der Waals surface area contributed by atoms with Crippen molar-refractivity contribution in [2.24, 2.45) is 0 Å². The number of carbonyl (C=O) groups excluding carboxylic acids is 1. The summed E-state index contributed by atoms with van der Waals surface area (Å²) in [5, 5.41) is 8.35. The van der Waals surface area contributed by atoms with Crippen LogP contribution in [0.4, 0.5) is 5.69 Å². The molecule has 0 bridgehead atoms. The third-order valence-corrected chi connectivity index (χ3v) is 5.95. The van der Waals surface area contributed by atoms with E-state index >= 15 is 0 Å². The first-order valence-electron chi connectivity index (χ1n) is 9.95. The van der Waals surface area contributed by atoms with Crippen molar-refractivity contribution < 1.29 is 4.79 Å². The number of fused-ring (bicyclic) bond motifs is 1. The maximum Gasteiger partial charge on any atom is 0.258 e. The molecule has 2 aromatic carbocycles. The minimum absolute atomic E-state index is 0.00347. The SMILES string of the molecule is CC(C(=O)Nc1cccc2c(=O)n(C3CCNCC3)ccc12)c1ccc(Cl)cc1. The molecule has 1 aliphatic heterocycles. The van der Waals surface area contributed by atoms with E-state index in [1.807, 2.05) is 54.1 Å². The third kappa shape index (κ3) is 4.07. The van der Waals surface area contributed by atoms with Crippen LogP contribution in [0.25, 0.3) is 10.8 Å². The van der Waals surface area contributed by atoms with E-state index in [1.165, 1.54) is 0 Å². The smallest absolute Gasteiger partial charge is 0.258 e. The number of pyridine rings is 1. The molecule has 150 valence electrons. The maximum atomic E-state index is 13.1. The molecule has 1 atom stereocenters. The van der Waals surface area contributed by atoms with Crippen molar-refractivity contribution >= 4 is 34.0 Å². The predicted molar refractivity (Wildman–Crippen MR) is 118 cm³/mol. The molecule has 2 N–H and O–H groups in total. The number of anilines is 1. The summed E-state index contributed by atoms with van der Waals surface area (Å²) >= 11 is 5.94. The Hall–Kier alpha value is -2.63. The fourth-order valence-electron chi connectivity index (χ4n) is 3.92. The van der Waals surface area contributed by atoms with Gasteiger partial charge in [-0.2, -0.15) is 0 Å². The molecule has 1 aliphatic rings. The van der Waals surface area contributed by atoms with Crippen molar-refractivity contribution in [1.29, 1.82) is 0 Å². The molecule has 6 heteroatoms. The lowest BCUT2D eigenvalue weighted by Gasteiger charge is -2.25. The van der Waals surface area contributed by atoms with Gasteiger partial charge in [0.05, 0.1) is 5.92 Å². The van der Waals surface area contributed by atoms with Crippen LogP contribution >= 0.6 is 11.6 Å². The van der Waals surface area contributed by atoms with Gasteiger partial charge in [0.1, 0.15) is 0 Å². The van der Waals surface area contributed by atoms with E-state index in [2.05, 4.69) is 10.6 Å². The van der Waals surface area contributed by atoms with Gasteiger partial charge in [0, 0.05) is 33.7 Å². The fraction of sp³-hybridized carbons (Fsp3) is 0.304. The summed E-state index contributed by atoms with van der Waals surface area (Å²) < 4.78 is 1.84. The average Bonchev–Trinajstić information content (AvgIpc) is 2.75. The normalized spacial score (nSPS) is 15.9. The monoisotopic (exact) mass is 409 g/mol. The van der Waals surface area contributed by atoms with E-state index in [9.17, 15) is 9.59 Å². The first-order chi connectivity index (χ1) is 14.0. The lowest BCUT2D eigenvalue weighted by Crippen LogP contribution is -2.34. The highest BCUT2D eigenvalue weighted by atomic mass is 35.5. The molecule has 2 heterocycles. The molecule has 29 heavy (non-hydrogen) atoms. The molecule has 0 aliphatic carbocycles. The van der Waals surface area contributed by atoms with Crippen LogP contribution in [0.3, 0.4) is 0 Å². The molecular weight excluding hydrogens is 386 g/mol. The van der Waals surface area contributed by atoms with Crippen LogP contribution in [0.15, 0.2) is 59.5 Å². The van der Waals surface area contributed by atoms with Crippen molar-refractivity contribution in [2.75, 3.05) is 18.4 Å². The highest BCUT2D eigenvalue weighted by molar-refractivity contribution is 6.30. The van der Waals surface area contributed by atoms with E-state index < -0.39 is 0 Å². The number of nitrogens with one attached hydrogen (secondary N) is 2. The second-order valence-electron chi connectivity index (χ2n) is 7.54. The van der Waals surface area contributed by atoms with Crippen LogP contribution in [-0.2, 0) is 4.79 Å². The molecule has 3 aromatic rings. The van der Waals surface area contributed by atoms with Gasteiger partial charge in [0.15, 0.2) is 0 Å². The van der Waals surface area contributed by atoms with E-state index in [-0.39, 0.29) is 23.4 Å². The molecule has 1 saturated heterocycles. The molecule has 1 amide bonds. The zero-order chi connectivity index (χ0) is 20.4. The standard InChI is InChI=1S/C23H24ClN3O2/c1-15(16-5-7-17(24)8-6-16)22(28)26-21-4-2-3-20-19(21)11-14-27(23(20)29)18-9-12-25-13-10-18/h2-8,11,14-15,18,25H,9-10,12-13H2,1H3,(H,26,28). The Labute approximate surface area is 174 Å². The molecule has 5 nitrogen and oxygen atoms in total. The van der Waals surface area contributed by atoms with Crippen molar-refractivity contribution in [2.45, 2.75) is 31.7 Å². The first-order valence-corrected chi connectivity index (χ1v) is 10.3. The Balaban J connectivity index is 1.62. The van der Waals surface area contributed by atoms with Crippen LogP contribution in [0.5, 0.6) is 0 Å². The quantitative estimate of drug-likeness (QED) is 0.674. The second kappa shape index (κ2) is 8.39. The number of piperidine rings is 1. The minimum Gasteiger partial charge on any atom is -0.325 e. The van der Waals surface area contributed by atoms with Crippen molar-refractivity contribution in [3.8, 4) is 0 Å². The lowest BCUT2D eigenvalue weighted by molar-refractivity contribution is -0.117. The van der Waals surface area contributed by atoms with E-state index in [0.717, 1.165) is 36.9 Å². The van der Waals surface area contributed by atoms with Gasteiger partial charge in [-0.15, -0.1) is 0 Å². The minimum atomic E-state index is -0.336. The fourth-order valence-corrected chi connectivity index (χ4v) is 4.04. The second-order valence-corrected chi connectivity index (χ2v) is 7.98. The number of benzene rings is 2. The summed E-state index contributed by atoms with van der Waals surface area (Å²) in [5.74, 6) is -0.458. The summed E-state index contributed by atoms with van der Waals surface area (Å²) in [7, 11) is 0. The number of hydrogen-bond acceptors (Lipinski definition) is 3. The molecular formula is C23H24ClN3O2.